The summed E-state index contributed by atoms with van der Waals surface area (Å²) in [6.07, 6.45) is 2.71. The predicted octanol–water partition coefficient (Wildman–Crippen LogP) is 1.68. The highest BCUT2D eigenvalue weighted by Crippen LogP contribution is 2.29. The highest BCUT2D eigenvalue weighted by molar-refractivity contribution is 7.12. The first-order valence-corrected chi connectivity index (χ1v) is 9.70. The van der Waals surface area contributed by atoms with E-state index in [9.17, 15) is 19.1 Å². The van der Waals surface area contributed by atoms with Crippen molar-refractivity contribution in [3.63, 3.8) is 0 Å². The molecule has 4 heterocycles. The smallest absolute Gasteiger partial charge is 0.341 e. The van der Waals surface area contributed by atoms with Crippen molar-refractivity contribution in [2.45, 2.75) is 5.38 Å². The lowest BCUT2D eigenvalue weighted by molar-refractivity contribution is 0.0695. The van der Waals surface area contributed by atoms with E-state index in [1.807, 2.05) is 0 Å². The van der Waals surface area contributed by atoms with E-state index in [4.69, 9.17) is 17.3 Å². The summed E-state index contributed by atoms with van der Waals surface area (Å²) in [5.74, 6) is -2.09. The second-order valence-electron chi connectivity index (χ2n) is 6.44. The maximum Gasteiger partial charge on any atom is 0.341 e. The average molecular weight is 424 g/mol. The van der Waals surface area contributed by atoms with Crippen LogP contribution >= 0.6 is 22.9 Å². The second-order valence-corrected chi connectivity index (χ2v) is 7.88. The number of pyridine rings is 2. The lowest BCUT2D eigenvalue weighted by Crippen LogP contribution is -2.26. The molecule has 1 aliphatic rings. The van der Waals surface area contributed by atoms with Gasteiger partial charge in [0.05, 0.1) is 10.8 Å². The fraction of sp³-hybridized carbons (Fsp3) is 0.294. The number of rotatable bonds is 4. The van der Waals surface area contributed by atoms with Gasteiger partial charge in [-0.2, -0.15) is 0 Å². The molecule has 1 saturated heterocycles. The van der Waals surface area contributed by atoms with E-state index < -0.39 is 22.8 Å². The Morgan fingerprint density at radius 3 is 2.86 bits per heavy atom. The average Bonchev–Trinajstić information content (AvgIpc) is 3.31. The molecular formula is C17H15ClFN5O3S. The predicted molar refractivity (Wildman–Crippen MR) is 104 cm³/mol. The zero-order chi connectivity index (χ0) is 20.0. The molecule has 0 aliphatic carbocycles. The lowest BCUT2D eigenvalue weighted by Gasteiger charge is -2.19. The van der Waals surface area contributed by atoms with Gasteiger partial charge in [-0.1, -0.05) is 0 Å². The van der Waals surface area contributed by atoms with Crippen LogP contribution < -0.4 is 16.1 Å². The van der Waals surface area contributed by atoms with Crippen LogP contribution in [0.3, 0.4) is 0 Å². The number of hydrogen-bond acceptors (Lipinski definition) is 7. The maximum absolute atomic E-state index is 14.8. The number of nitrogens with zero attached hydrogens (tertiary/aromatic N) is 4. The van der Waals surface area contributed by atoms with Crippen LogP contribution in [0.4, 0.5) is 10.2 Å². The molecule has 11 heteroatoms. The van der Waals surface area contributed by atoms with Gasteiger partial charge in [0, 0.05) is 36.8 Å². The molecule has 0 amide bonds. The van der Waals surface area contributed by atoms with Gasteiger partial charge in [0.2, 0.25) is 5.43 Å². The Kier molecular flexibility index (Phi) is 4.77. The summed E-state index contributed by atoms with van der Waals surface area (Å²) in [6, 6.07) is 1.02. The Hall–Kier alpha value is -2.56. The van der Waals surface area contributed by atoms with Crippen molar-refractivity contribution in [1.29, 1.82) is 0 Å². The molecule has 4 rings (SSSR count). The molecule has 3 N–H and O–H groups in total. The zero-order valence-corrected chi connectivity index (χ0v) is 16.0. The van der Waals surface area contributed by atoms with Crippen molar-refractivity contribution in [1.82, 2.24) is 14.5 Å². The van der Waals surface area contributed by atoms with Gasteiger partial charge in [-0.05, 0) is 12.6 Å². The van der Waals surface area contributed by atoms with E-state index in [-0.39, 0.29) is 28.1 Å². The highest BCUT2D eigenvalue weighted by atomic mass is 35.5. The SMILES string of the molecule is NC[C@H]1CN(c2nc3c(cc2F)c(=O)c(C(=O)O)cn3-c2nccs2)C[C@H]1Cl. The molecule has 0 unspecified atom stereocenters. The van der Waals surface area contributed by atoms with Crippen molar-refractivity contribution < 1.29 is 14.3 Å². The molecular weight excluding hydrogens is 409 g/mol. The molecule has 8 nitrogen and oxygen atoms in total. The van der Waals surface area contributed by atoms with Gasteiger partial charge in [-0.25, -0.2) is 19.2 Å². The summed E-state index contributed by atoms with van der Waals surface area (Å²) in [4.78, 5) is 34.2. The third kappa shape index (κ3) is 3.03. The Morgan fingerprint density at radius 2 is 2.25 bits per heavy atom. The summed E-state index contributed by atoms with van der Waals surface area (Å²) in [7, 11) is 0. The maximum atomic E-state index is 14.8. The first-order valence-electron chi connectivity index (χ1n) is 8.39. The van der Waals surface area contributed by atoms with Crippen LogP contribution in [0.15, 0.2) is 28.6 Å². The zero-order valence-electron chi connectivity index (χ0n) is 14.4. The van der Waals surface area contributed by atoms with Gasteiger partial charge >= 0.3 is 5.97 Å². The van der Waals surface area contributed by atoms with Gasteiger partial charge in [0.1, 0.15) is 5.56 Å². The fourth-order valence-electron chi connectivity index (χ4n) is 3.30. The number of halogens is 2. The number of carboxylic acid groups (broad SMARTS) is 1. The standard InChI is InChI=1S/C17H15ClFN5O3S/c18-11-7-23(5-8(11)4-20)15-12(19)3-9-13(25)10(16(26)27)6-24(14(9)22-15)17-21-1-2-28-17/h1-3,6,8,11H,4-5,7,20H2,(H,26,27)/t8-,11+/m0/s1. The Balaban J connectivity index is 1.96. The van der Waals surface area contributed by atoms with Crippen molar-refractivity contribution in [3.05, 3.63) is 45.4 Å². The Morgan fingerprint density at radius 1 is 1.46 bits per heavy atom. The number of aromatic carboxylic acids is 1. The summed E-state index contributed by atoms with van der Waals surface area (Å²) in [5.41, 5.74) is 4.56. The molecule has 0 saturated carbocycles. The van der Waals surface area contributed by atoms with E-state index in [1.165, 1.54) is 15.9 Å². The van der Waals surface area contributed by atoms with Gasteiger partial charge in [-0.3, -0.25) is 9.36 Å². The van der Waals surface area contributed by atoms with E-state index >= 15 is 0 Å². The second kappa shape index (κ2) is 7.12. The number of hydrogen-bond donors (Lipinski definition) is 2. The summed E-state index contributed by atoms with van der Waals surface area (Å²) < 4.78 is 16.2. The van der Waals surface area contributed by atoms with Gasteiger partial charge in [0.25, 0.3) is 0 Å². The van der Waals surface area contributed by atoms with Crippen molar-refractivity contribution >= 4 is 45.8 Å². The normalized spacial score (nSPS) is 19.5. The molecule has 0 aromatic carbocycles. The first-order chi connectivity index (χ1) is 13.4. The van der Waals surface area contributed by atoms with Crippen LogP contribution in [0.5, 0.6) is 0 Å². The number of carboxylic acids is 1. The fourth-order valence-corrected chi connectivity index (χ4v) is 4.26. The van der Waals surface area contributed by atoms with Gasteiger partial charge in [0.15, 0.2) is 22.4 Å². The molecule has 0 spiro atoms. The van der Waals surface area contributed by atoms with Crippen LogP contribution in [-0.4, -0.2) is 50.6 Å². The van der Waals surface area contributed by atoms with E-state index in [0.717, 1.165) is 12.3 Å². The number of nitrogens with two attached hydrogens (primary N) is 1. The molecule has 1 fully saturated rings. The van der Waals surface area contributed by atoms with Crippen molar-refractivity contribution in [3.8, 4) is 5.13 Å². The van der Waals surface area contributed by atoms with E-state index in [0.29, 0.717) is 24.8 Å². The summed E-state index contributed by atoms with van der Waals surface area (Å²) >= 11 is 7.52. The minimum absolute atomic E-state index is 0.00546. The number of thiazole rings is 1. The molecule has 1 aliphatic heterocycles. The minimum atomic E-state index is -1.41. The summed E-state index contributed by atoms with van der Waals surface area (Å²) in [5, 5.41) is 11.1. The first kappa shape index (κ1) is 18.8. The van der Waals surface area contributed by atoms with E-state index in [2.05, 4.69) is 9.97 Å². The van der Waals surface area contributed by atoms with E-state index in [1.54, 1.807) is 16.5 Å². The molecule has 3 aromatic rings. The number of aromatic nitrogens is 3. The quantitative estimate of drug-likeness (QED) is 0.613. The topological polar surface area (TPSA) is 114 Å². The van der Waals surface area contributed by atoms with Crippen LogP contribution in [0, 0.1) is 11.7 Å². The number of anilines is 1. The van der Waals surface area contributed by atoms with Crippen molar-refractivity contribution in [2.75, 3.05) is 24.5 Å². The molecule has 28 heavy (non-hydrogen) atoms. The lowest BCUT2D eigenvalue weighted by atomic mass is 10.1. The molecule has 0 bridgehead atoms. The monoisotopic (exact) mass is 423 g/mol. The third-order valence-electron chi connectivity index (χ3n) is 4.73. The number of fused-ring (bicyclic) bond motifs is 1. The van der Waals surface area contributed by atoms with Crippen LogP contribution in [0.25, 0.3) is 16.2 Å². The Bertz CT molecular complexity index is 1120. The van der Waals surface area contributed by atoms with Crippen LogP contribution in [0.1, 0.15) is 10.4 Å². The minimum Gasteiger partial charge on any atom is -0.477 e. The van der Waals surface area contributed by atoms with Crippen LogP contribution in [0.2, 0.25) is 0 Å². The third-order valence-corrected chi connectivity index (χ3v) is 6.00. The summed E-state index contributed by atoms with van der Waals surface area (Å²) in [6.45, 7) is 1.17. The van der Waals surface area contributed by atoms with Gasteiger partial charge in [-0.15, -0.1) is 22.9 Å². The van der Waals surface area contributed by atoms with Crippen LogP contribution in [-0.2, 0) is 0 Å². The van der Waals surface area contributed by atoms with Crippen molar-refractivity contribution in [2.24, 2.45) is 11.7 Å². The molecule has 0 radical (unpaired) electrons. The largest absolute Gasteiger partial charge is 0.477 e. The molecule has 2 atom stereocenters. The Labute approximate surface area is 167 Å². The number of carbonyl (C=O) groups is 1. The highest BCUT2D eigenvalue weighted by Gasteiger charge is 2.33. The molecule has 146 valence electrons. The molecule has 3 aromatic heterocycles. The number of alkyl halides is 1. The van der Waals surface area contributed by atoms with Gasteiger partial charge < -0.3 is 15.7 Å².